The SMILES string of the molecule is C=CCOc1cccc(NC(=S)NC(C)c2ccc(C(C)(C)C)cc2)c1. The highest BCUT2D eigenvalue weighted by atomic mass is 32.1. The molecule has 0 heterocycles. The Kier molecular flexibility index (Phi) is 6.81. The van der Waals surface area contributed by atoms with Gasteiger partial charge < -0.3 is 15.4 Å². The lowest BCUT2D eigenvalue weighted by Crippen LogP contribution is -2.30. The van der Waals surface area contributed by atoms with E-state index in [1.54, 1.807) is 6.08 Å². The van der Waals surface area contributed by atoms with Gasteiger partial charge in [0, 0.05) is 11.8 Å². The van der Waals surface area contributed by atoms with Gasteiger partial charge in [-0.3, -0.25) is 0 Å². The van der Waals surface area contributed by atoms with Crippen molar-refractivity contribution in [3.05, 3.63) is 72.3 Å². The summed E-state index contributed by atoms with van der Waals surface area (Å²) >= 11 is 5.45. The number of hydrogen-bond acceptors (Lipinski definition) is 2. The van der Waals surface area contributed by atoms with E-state index in [-0.39, 0.29) is 11.5 Å². The van der Waals surface area contributed by atoms with Gasteiger partial charge in [0.15, 0.2) is 5.11 Å². The fourth-order valence-electron chi connectivity index (χ4n) is 2.54. The second-order valence-electron chi connectivity index (χ2n) is 7.32. The molecule has 1 atom stereocenters. The van der Waals surface area contributed by atoms with Gasteiger partial charge in [0.1, 0.15) is 12.4 Å². The molecule has 1 unspecified atom stereocenters. The van der Waals surface area contributed by atoms with Gasteiger partial charge in [0.25, 0.3) is 0 Å². The summed E-state index contributed by atoms with van der Waals surface area (Å²) in [6.45, 7) is 12.9. The molecule has 3 nitrogen and oxygen atoms in total. The smallest absolute Gasteiger partial charge is 0.171 e. The Hall–Kier alpha value is -2.33. The quantitative estimate of drug-likeness (QED) is 0.514. The summed E-state index contributed by atoms with van der Waals surface area (Å²) in [6, 6.07) is 16.5. The Morgan fingerprint density at radius 3 is 2.50 bits per heavy atom. The van der Waals surface area contributed by atoms with E-state index in [2.05, 4.69) is 69.2 Å². The molecule has 0 spiro atoms. The van der Waals surface area contributed by atoms with Crippen LogP contribution in [-0.4, -0.2) is 11.7 Å². The molecule has 0 amide bonds. The Morgan fingerprint density at radius 2 is 1.88 bits per heavy atom. The number of anilines is 1. The fourth-order valence-corrected chi connectivity index (χ4v) is 2.83. The van der Waals surface area contributed by atoms with Gasteiger partial charge in [0.05, 0.1) is 6.04 Å². The van der Waals surface area contributed by atoms with Crippen LogP contribution in [0, 0.1) is 0 Å². The molecule has 0 saturated heterocycles. The maximum absolute atomic E-state index is 5.54. The first kappa shape index (κ1) is 20.0. The van der Waals surface area contributed by atoms with E-state index < -0.39 is 0 Å². The number of thiocarbonyl (C=S) groups is 1. The number of ether oxygens (including phenoxy) is 1. The number of rotatable bonds is 6. The maximum Gasteiger partial charge on any atom is 0.171 e. The highest BCUT2D eigenvalue weighted by Crippen LogP contribution is 2.24. The molecule has 2 aromatic carbocycles. The molecule has 0 fully saturated rings. The third kappa shape index (κ3) is 5.88. The average Bonchev–Trinajstić information content (AvgIpc) is 2.59. The standard InChI is InChI=1S/C22H28N2OS/c1-6-14-25-20-9-7-8-19(15-20)24-21(26)23-16(2)17-10-12-18(13-11-17)22(3,4)5/h6-13,15-16H,1,14H2,2-5H3,(H2,23,24,26). The molecule has 0 radical (unpaired) electrons. The van der Waals surface area contributed by atoms with Gasteiger partial charge in [-0.15, -0.1) is 0 Å². The normalized spacial score (nSPS) is 12.2. The molecule has 0 aliphatic rings. The van der Waals surface area contributed by atoms with Crippen molar-refractivity contribution in [2.75, 3.05) is 11.9 Å². The summed E-state index contributed by atoms with van der Waals surface area (Å²) in [5, 5.41) is 7.12. The summed E-state index contributed by atoms with van der Waals surface area (Å²) in [5.74, 6) is 0.781. The van der Waals surface area contributed by atoms with Gasteiger partial charge in [-0.25, -0.2) is 0 Å². The zero-order valence-electron chi connectivity index (χ0n) is 16.0. The lowest BCUT2D eigenvalue weighted by molar-refractivity contribution is 0.363. The van der Waals surface area contributed by atoms with Crippen LogP contribution in [0.25, 0.3) is 0 Å². The van der Waals surface area contributed by atoms with Crippen molar-refractivity contribution in [1.82, 2.24) is 5.32 Å². The molecular weight excluding hydrogens is 340 g/mol. The summed E-state index contributed by atoms with van der Waals surface area (Å²) in [7, 11) is 0. The zero-order chi connectivity index (χ0) is 19.2. The summed E-state index contributed by atoms with van der Waals surface area (Å²) in [5.41, 5.74) is 3.57. The third-order valence-electron chi connectivity index (χ3n) is 4.08. The molecule has 0 aliphatic heterocycles. The van der Waals surface area contributed by atoms with Crippen LogP contribution in [0.15, 0.2) is 61.2 Å². The Balaban J connectivity index is 1.95. The van der Waals surface area contributed by atoms with Crippen molar-refractivity contribution >= 4 is 23.0 Å². The van der Waals surface area contributed by atoms with E-state index >= 15 is 0 Å². The summed E-state index contributed by atoms with van der Waals surface area (Å²) < 4.78 is 5.54. The lowest BCUT2D eigenvalue weighted by atomic mass is 9.86. The second-order valence-corrected chi connectivity index (χ2v) is 7.73. The Morgan fingerprint density at radius 1 is 1.19 bits per heavy atom. The maximum atomic E-state index is 5.54. The number of hydrogen-bond donors (Lipinski definition) is 2. The molecule has 0 aliphatic carbocycles. The molecule has 26 heavy (non-hydrogen) atoms. The Labute approximate surface area is 162 Å². The minimum absolute atomic E-state index is 0.115. The predicted molar refractivity (Wildman–Crippen MR) is 115 cm³/mol. The number of benzene rings is 2. The van der Waals surface area contributed by atoms with Crippen molar-refractivity contribution in [2.45, 2.75) is 39.2 Å². The first-order valence-corrected chi connectivity index (χ1v) is 9.22. The monoisotopic (exact) mass is 368 g/mol. The first-order valence-electron chi connectivity index (χ1n) is 8.81. The van der Waals surface area contributed by atoms with Crippen molar-refractivity contribution < 1.29 is 4.74 Å². The molecule has 4 heteroatoms. The van der Waals surface area contributed by atoms with E-state index in [9.17, 15) is 0 Å². The van der Waals surface area contributed by atoms with Crippen LogP contribution < -0.4 is 15.4 Å². The van der Waals surface area contributed by atoms with Crippen molar-refractivity contribution in [3.63, 3.8) is 0 Å². The molecular formula is C22H28N2OS. The molecule has 2 N–H and O–H groups in total. The van der Waals surface area contributed by atoms with Crippen LogP contribution in [0.3, 0.4) is 0 Å². The van der Waals surface area contributed by atoms with E-state index in [0.29, 0.717) is 11.7 Å². The highest BCUT2D eigenvalue weighted by Gasteiger charge is 2.14. The average molecular weight is 369 g/mol. The van der Waals surface area contributed by atoms with E-state index in [1.807, 2.05) is 24.3 Å². The van der Waals surface area contributed by atoms with E-state index in [4.69, 9.17) is 17.0 Å². The molecule has 2 rings (SSSR count). The van der Waals surface area contributed by atoms with E-state index in [1.165, 1.54) is 11.1 Å². The first-order chi connectivity index (χ1) is 12.3. The van der Waals surface area contributed by atoms with Crippen LogP contribution in [0.2, 0.25) is 0 Å². The minimum Gasteiger partial charge on any atom is -0.489 e. The topological polar surface area (TPSA) is 33.3 Å². The highest BCUT2D eigenvalue weighted by molar-refractivity contribution is 7.80. The third-order valence-corrected chi connectivity index (χ3v) is 4.30. The van der Waals surface area contributed by atoms with Gasteiger partial charge in [-0.05, 0) is 47.8 Å². The molecule has 0 aromatic heterocycles. The predicted octanol–water partition coefficient (Wildman–Crippen LogP) is 5.60. The Bertz CT molecular complexity index is 747. The van der Waals surface area contributed by atoms with Crippen molar-refractivity contribution in [1.29, 1.82) is 0 Å². The second kappa shape index (κ2) is 8.86. The van der Waals surface area contributed by atoms with Crippen molar-refractivity contribution in [3.8, 4) is 5.75 Å². The molecule has 138 valence electrons. The fraction of sp³-hybridized carbons (Fsp3) is 0.318. The van der Waals surface area contributed by atoms with Gasteiger partial charge >= 0.3 is 0 Å². The van der Waals surface area contributed by atoms with Gasteiger partial charge in [0.2, 0.25) is 0 Å². The van der Waals surface area contributed by atoms with Crippen LogP contribution in [0.1, 0.15) is 44.9 Å². The summed E-state index contributed by atoms with van der Waals surface area (Å²) in [4.78, 5) is 0. The molecule has 0 bridgehead atoms. The summed E-state index contributed by atoms with van der Waals surface area (Å²) in [6.07, 6.45) is 1.72. The van der Waals surface area contributed by atoms with Gasteiger partial charge in [-0.1, -0.05) is 63.8 Å². The van der Waals surface area contributed by atoms with Crippen LogP contribution in [0.5, 0.6) is 5.75 Å². The van der Waals surface area contributed by atoms with Crippen LogP contribution in [-0.2, 0) is 5.41 Å². The molecule has 2 aromatic rings. The van der Waals surface area contributed by atoms with Crippen molar-refractivity contribution in [2.24, 2.45) is 0 Å². The van der Waals surface area contributed by atoms with Crippen LogP contribution >= 0.6 is 12.2 Å². The van der Waals surface area contributed by atoms with Gasteiger partial charge in [-0.2, -0.15) is 0 Å². The largest absolute Gasteiger partial charge is 0.489 e. The zero-order valence-corrected chi connectivity index (χ0v) is 16.8. The lowest BCUT2D eigenvalue weighted by Gasteiger charge is -2.21. The van der Waals surface area contributed by atoms with E-state index in [0.717, 1.165) is 11.4 Å². The minimum atomic E-state index is 0.115. The van der Waals surface area contributed by atoms with Crippen LogP contribution in [0.4, 0.5) is 5.69 Å². The molecule has 0 saturated carbocycles. The number of nitrogens with one attached hydrogen (secondary N) is 2.